The lowest BCUT2D eigenvalue weighted by atomic mass is 9.93. The van der Waals surface area contributed by atoms with Crippen LogP contribution < -0.4 is 26.6 Å². The summed E-state index contributed by atoms with van der Waals surface area (Å²) in [6, 6.07) is -12.3. The molecule has 0 aromatic heterocycles. The molecular formula is C70H105N5O70S5. The molecule has 31 N–H and O–H groups in total. The molecule has 0 saturated carbocycles. The number of hydrogen-bond acceptors (Lipinski definition) is 60. The third-order valence-electron chi connectivity index (χ3n) is 23.3. The molecule has 0 aliphatic carbocycles. The zero-order valence-electron chi connectivity index (χ0n) is 76.5. The highest BCUT2D eigenvalue weighted by molar-refractivity contribution is 7.81. The fourth-order valence-electron chi connectivity index (χ4n) is 17.2. The van der Waals surface area contributed by atoms with Gasteiger partial charge in [-0.05, 0) is 6.08 Å². The summed E-state index contributed by atoms with van der Waals surface area (Å²) < 4.78 is 306. The number of hydrogen-bond donors (Lipinski definition) is 31. The number of aliphatic hydroxyl groups is 16. The second-order valence-electron chi connectivity index (χ2n) is 33.9. The molecule has 0 aromatic carbocycles. The Morgan fingerprint density at radius 3 is 0.647 bits per heavy atom. The van der Waals surface area contributed by atoms with Gasteiger partial charge in [-0.2, -0.15) is 42.1 Å². The molecule has 9 fully saturated rings. The number of carboxylic acids is 5. The van der Waals surface area contributed by atoms with E-state index < -0.39 is 445 Å². The quantitative estimate of drug-likeness (QED) is 0.0252. The van der Waals surface area contributed by atoms with E-state index in [-0.39, 0.29) is 0 Å². The zero-order valence-corrected chi connectivity index (χ0v) is 80.5. The van der Waals surface area contributed by atoms with Crippen molar-refractivity contribution in [1.82, 2.24) is 26.6 Å². The molecular weight excluding hydrogens is 2190 g/mol. The average molecular weight is 2300 g/mol. The van der Waals surface area contributed by atoms with Gasteiger partial charge in [0, 0.05) is 34.6 Å². The van der Waals surface area contributed by atoms with Gasteiger partial charge in [0.05, 0.1) is 33.0 Å². The van der Waals surface area contributed by atoms with Gasteiger partial charge in [0.25, 0.3) is 0 Å². The number of aliphatic hydroxyl groups excluding tert-OH is 16. The Bertz CT molecular complexity index is 5340. The zero-order chi connectivity index (χ0) is 112. The van der Waals surface area contributed by atoms with E-state index in [4.69, 9.17) is 103 Å². The maximum atomic E-state index is 13.6. The van der Waals surface area contributed by atoms with Crippen LogP contribution in [0.5, 0.6) is 0 Å². The Morgan fingerprint density at radius 1 is 0.260 bits per heavy atom. The van der Waals surface area contributed by atoms with E-state index in [9.17, 15) is 220 Å². The van der Waals surface area contributed by atoms with Crippen molar-refractivity contribution < 1.29 is 331 Å². The van der Waals surface area contributed by atoms with Crippen LogP contribution in [0.25, 0.3) is 0 Å². The molecule has 80 heteroatoms. The van der Waals surface area contributed by atoms with Gasteiger partial charge in [0.2, 0.25) is 41.6 Å². The summed E-state index contributed by atoms with van der Waals surface area (Å²) in [5.41, 5.74) is 0. The van der Waals surface area contributed by atoms with Gasteiger partial charge in [0.1, 0.15) is 207 Å². The molecule has 5 amide bonds. The number of nitrogens with one attached hydrogen (secondary N) is 5. The van der Waals surface area contributed by atoms with E-state index in [2.05, 4.69) is 13.7 Å². The predicted octanol–water partition coefficient (Wildman–Crippen LogP) is -21.3. The summed E-state index contributed by atoms with van der Waals surface area (Å²) in [5, 5.41) is 244. The molecule has 1 unspecified atom stereocenters. The summed E-state index contributed by atoms with van der Waals surface area (Å²) in [4.78, 5) is 131. The lowest BCUT2D eigenvalue weighted by molar-refractivity contribution is -0.380. The molecule has 10 heterocycles. The Labute approximate surface area is 839 Å². The Balaban J connectivity index is 0.929. The average Bonchev–Trinajstić information content (AvgIpc) is 0.753. The number of ether oxygens (including phenoxy) is 19. The van der Waals surface area contributed by atoms with Gasteiger partial charge < -0.3 is 224 Å². The minimum Gasteiger partial charge on any atom is -0.479 e. The van der Waals surface area contributed by atoms with E-state index in [1.165, 1.54) is 0 Å². The normalized spacial score (nSPS) is 41.9. The molecule has 0 spiro atoms. The predicted molar refractivity (Wildman–Crippen MR) is 441 cm³/mol. The molecule has 48 atom stereocenters. The van der Waals surface area contributed by atoms with Crippen LogP contribution in [0.15, 0.2) is 11.8 Å². The first-order chi connectivity index (χ1) is 69.5. The molecule has 0 radical (unpaired) electrons. The molecule has 10 aliphatic heterocycles. The highest BCUT2D eigenvalue weighted by atomic mass is 32.3. The second-order valence-corrected chi connectivity index (χ2v) is 39.2. The lowest BCUT2D eigenvalue weighted by Gasteiger charge is -2.51. The van der Waals surface area contributed by atoms with Crippen molar-refractivity contribution in [2.75, 3.05) is 33.0 Å². The second kappa shape index (κ2) is 50.6. The third kappa shape index (κ3) is 30.4. The largest absolute Gasteiger partial charge is 0.479 e. The van der Waals surface area contributed by atoms with E-state index in [0.29, 0.717) is 33.8 Å². The molecule has 10 aliphatic rings. The van der Waals surface area contributed by atoms with Crippen molar-refractivity contribution in [2.24, 2.45) is 0 Å². The fourth-order valence-corrected chi connectivity index (χ4v) is 19.8. The van der Waals surface area contributed by atoms with Crippen LogP contribution in [0.4, 0.5) is 0 Å². The summed E-state index contributed by atoms with van der Waals surface area (Å²) in [6.07, 6.45) is -117. The van der Waals surface area contributed by atoms with E-state index in [1.807, 2.05) is 21.3 Å². The molecule has 0 bridgehead atoms. The van der Waals surface area contributed by atoms with Gasteiger partial charge in [0.15, 0.2) is 81.0 Å². The van der Waals surface area contributed by atoms with Crippen molar-refractivity contribution in [3.05, 3.63) is 11.8 Å². The maximum absolute atomic E-state index is 13.6. The first kappa shape index (κ1) is 124. The molecule has 10 rings (SSSR count). The summed E-state index contributed by atoms with van der Waals surface area (Å²) in [6.45, 7) is -4.43. The van der Waals surface area contributed by atoms with E-state index in [1.54, 1.807) is 0 Å². The third-order valence-corrected chi connectivity index (χ3v) is 25.7. The van der Waals surface area contributed by atoms with Crippen LogP contribution in [-0.4, -0.2) is 559 Å². The topological polar surface area (TPSA) is 1150 Å². The van der Waals surface area contributed by atoms with Crippen molar-refractivity contribution >= 4 is 111 Å². The lowest BCUT2D eigenvalue weighted by Crippen LogP contribution is -2.72. The Morgan fingerprint density at radius 2 is 0.453 bits per heavy atom. The van der Waals surface area contributed by atoms with E-state index >= 15 is 0 Å². The molecule has 150 heavy (non-hydrogen) atoms. The monoisotopic (exact) mass is 2300 g/mol. The van der Waals surface area contributed by atoms with E-state index in [0.717, 1.165) is 6.92 Å². The number of carboxylic acid groups (broad SMARTS) is 5. The van der Waals surface area contributed by atoms with Crippen LogP contribution in [0.3, 0.4) is 0 Å². The van der Waals surface area contributed by atoms with Gasteiger partial charge in [-0.15, -0.1) is 0 Å². The van der Waals surface area contributed by atoms with Crippen LogP contribution in [0, 0.1) is 0 Å². The fraction of sp³-hybridized carbons (Fsp3) is 0.829. The summed E-state index contributed by atoms with van der Waals surface area (Å²) in [5.74, 6) is -19.0. The number of carbonyl (C=O) groups excluding carboxylic acids is 5. The van der Waals surface area contributed by atoms with Crippen LogP contribution in [-0.2, 0) is 211 Å². The van der Waals surface area contributed by atoms with Crippen LogP contribution >= 0.6 is 0 Å². The van der Waals surface area contributed by atoms with Gasteiger partial charge in [-0.25, -0.2) is 44.9 Å². The van der Waals surface area contributed by atoms with Crippen molar-refractivity contribution in [1.29, 1.82) is 0 Å². The number of amides is 5. The van der Waals surface area contributed by atoms with Gasteiger partial charge in [-0.3, -0.25) is 46.7 Å². The van der Waals surface area contributed by atoms with Gasteiger partial charge in [-0.1, -0.05) is 0 Å². The molecule has 0 aromatic rings. The maximum Gasteiger partial charge on any atom is 0.397 e. The highest BCUT2D eigenvalue weighted by Gasteiger charge is 2.66. The standard InChI is InChI=1S/C70H105N5O70S5/c1-12(81)71-24-43(38(141-146(107,108)109)19(7-76)122-61(24)106)128-67-34(92)30(88)48(52(137-67)57(98)99)134-63-26(73-14(3)83)45(40(21(9-78)125-63)143-148(113,114)115)130-69-36(94)32(90)50(54(139-69)59(102)103)136-65-28(75-16(5)85)47(42(23(11-80)127-65)145-150(119,120)121)132-70-37(95)33(91)51(55(140-70)60(104)105)135-64-27(74-15(4)84)46(41(22(10-79)126-64)144-149(116,117)118)131-68-35(93)31(89)49(53(138-68)58(100)101)133-62-25(72-13(2)82)44(39(20(8-77)124-62)142-147(110,111)112)129-66-29(87)17(86)6-18(123-66)56(96)97/h6,17,19-55,61-70,76-80,86-95,106H,7-11H2,1-5H3,(H,71,81)(H,72,82)(H,73,83)(H,74,84)(H,75,85)(H,96,97)(H,98,99)(H,100,101)(H,102,103)(H,104,105)(H,107,108,109)(H,110,111,112)(H,113,114,115)(H,116,117,118)(H,119,120,121)/t17-,19+,20+,21+,22+,23+,24+,25+,26+,27+,28+,29+,30+,31+,32+,33+,34+,35+,36+,37+,38-,39-,40-,41-,42-,43+,44+,45+,46+,47+,48-,49-,50-,51-,52-,53-,54-,55-,61?,62-,63-,64-,65-,66-,67+,68+,69+,70+/m0/s1. The minimum atomic E-state index is -6.09. The van der Waals surface area contributed by atoms with Crippen LogP contribution in [0.2, 0.25) is 0 Å². The first-order valence-corrected chi connectivity index (χ1v) is 49.9. The summed E-state index contributed by atoms with van der Waals surface area (Å²) >= 11 is 0. The molecule has 860 valence electrons. The first-order valence-electron chi connectivity index (χ1n) is 43.0. The highest BCUT2D eigenvalue weighted by Crippen LogP contribution is 2.44. The Kier molecular flexibility index (Phi) is 41.9. The van der Waals surface area contributed by atoms with Crippen molar-refractivity contribution in [3.63, 3.8) is 0 Å². The minimum absolute atomic E-state index is 0.439. The summed E-state index contributed by atoms with van der Waals surface area (Å²) in [7, 11) is -29.7. The SMILES string of the molecule is CC(=O)N[C@H]1[C@H](O[C@H]2[C@H](O)[C@@H](O)[C@H](O[C@@H]3[C@@H](NC(C)=O)[C@H](O[C@H]4[C@H](O)[C@@H](O)[C@H](O[C@H]5[C@@H](OS(=O)(=O)O)[C@@H](CO)OC(O)[C@@H]5NC(C)=O)O[C@@H]4C(=O)O)O[C@H](CO)[C@@H]3OS(=O)(=O)O)O[C@@H]2C(=O)O)O[C@H](CO)[C@H](OS(=O)(=O)O)[C@@H]1O[C@@H]1O[C@H](C(=O)O)[C@@H](O[C@@H]2O[C@H](CO)[C@H](OS(=O)(=O)O)[C@H](O[C@@H]3O[C@H](C(=O)O)[C@@H](O[C@@H]4O[C@H](CO)[C@H](OS(=O)(=O)O)[C@H](O[C@@H]5OC(C(=O)O)=C[C@H](O)[C@H]5O)[C@H]4NC(C)=O)[C@H](O)[C@H]3O)[C@H]2NC(C)=O)[C@H](O)[C@H]1O. The smallest absolute Gasteiger partial charge is 0.397 e. The number of rotatable bonds is 43. The van der Waals surface area contributed by atoms with Gasteiger partial charge >= 0.3 is 81.8 Å². The van der Waals surface area contributed by atoms with Crippen LogP contribution in [0.1, 0.15) is 34.6 Å². The number of aliphatic carboxylic acids is 5. The molecule has 75 nitrogen and oxygen atoms in total. The van der Waals surface area contributed by atoms with Crippen molar-refractivity contribution in [2.45, 2.75) is 329 Å². The Hall–Kier alpha value is -7.77. The van der Waals surface area contributed by atoms with Crippen molar-refractivity contribution in [3.8, 4) is 0 Å². The number of carbonyl (C=O) groups is 10. The molecule has 9 saturated heterocycles.